The molecule has 0 spiro atoms. The molecule has 0 saturated heterocycles. The number of nitro benzene ring substituents is 1. The number of aryl methyl sites for hydroxylation is 1. The third-order valence-corrected chi connectivity index (χ3v) is 3.28. The monoisotopic (exact) mass is 238 g/mol. The van der Waals surface area contributed by atoms with Gasteiger partial charge in [0.2, 0.25) is 0 Å². The van der Waals surface area contributed by atoms with Crippen molar-refractivity contribution in [3.05, 3.63) is 33.6 Å². The minimum absolute atomic E-state index is 0.188. The number of hydrogen-bond acceptors (Lipinski definition) is 3. The minimum Gasteiger partial charge on any atom is -0.379 e. The summed E-state index contributed by atoms with van der Waals surface area (Å²) in [4.78, 5) is 10.3. The first-order chi connectivity index (χ1) is 8.08. The molecule has 2 rings (SSSR count). The quantitative estimate of drug-likeness (QED) is 0.647. The van der Waals surface area contributed by atoms with Crippen LogP contribution in [0.1, 0.15) is 24.8 Å². The van der Waals surface area contributed by atoms with Crippen molar-refractivity contribution in [3.63, 3.8) is 0 Å². The lowest BCUT2D eigenvalue weighted by Gasteiger charge is -2.25. The molecule has 1 fully saturated rings. The van der Waals surface area contributed by atoms with Gasteiger partial charge in [0, 0.05) is 6.54 Å². The van der Waals surface area contributed by atoms with E-state index in [0.29, 0.717) is 17.2 Å². The fourth-order valence-corrected chi connectivity index (χ4v) is 1.91. The zero-order chi connectivity index (χ0) is 12.4. The predicted molar refractivity (Wildman–Crippen MR) is 63.6 cm³/mol. The molecule has 0 unspecified atom stereocenters. The molecule has 4 nitrogen and oxygen atoms in total. The van der Waals surface area contributed by atoms with Gasteiger partial charge < -0.3 is 5.32 Å². The van der Waals surface area contributed by atoms with Gasteiger partial charge in [-0.3, -0.25) is 10.1 Å². The molecule has 1 N–H and O–H groups in total. The van der Waals surface area contributed by atoms with Crippen molar-refractivity contribution < 1.29 is 9.31 Å². The second-order valence-electron chi connectivity index (χ2n) is 4.55. The second kappa shape index (κ2) is 4.69. The topological polar surface area (TPSA) is 55.2 Å². The fourth-order valence-electron chi connectivity index (χ4n) is 1.91. The first-order valence-corrected chi connectivity index (χ1v) is 5.76. The van der Waals surface area contributed by atoms with Gasteiger partial charge >= 0.3 is 0 Å². The summed E-state index contributed by atoms with van der Waals surface area (Å²) in [5.41, 5.74) is 0.653. The average Bonchev–Trinajstić information content (AvgIpc) is 2.20. The van der Waals surface area contributed by atoms with Crippen LogP contribution in [0, 0.1) is 28.8 Å². The molecule has 0 radical (unpaired) electrons. The molecule has 0 amide bonds. The number of anilines is 1. The summed E-state index contributed by atoms with van der Waals surface area (Å²) in [5.74, 6) is 0.0610. The van der Waals surface area contributed by atoms with Crippen LogP contribution in [0.2, 0.25) is 0 Å². The van der Waals surface area contributed by atoms with Crippen LogP contribution >= 0.6 is 0 Å². The van der Waals surface area contributed by atoms with Crippen LogP contribution in [0.4, 0.5) is 15.8 Å². The van der Waals surface area contributed by atoms with Crippen molar-refractivity contribution in [1.82, 2.24) is 0 Å². The van der Waals surface area contributed by atoms with Crippen LogP contribution in [0.15, 0.2) is 12.1 Å². The second-order valence-corrected chi connectivity index (χ2v) is 4.55. The maximum atomic E-state index is 13.3. The van der Waals surface area contributed by atoms with E-state index in [0.717, 1.165) is 12.6 Å². The number of nitrogens with zero attached hydrogens (tertiary/aromatic N) is 1. The van der Waals surface area contributed by atoms with Crippen molar-refractivity contribution in [2.45, 2.75) is 26.2 Å². The molecule has 1 saturated carbocycles. The highest BCUT2D eigenvalue weighted by molar-refractivity contribution is 5.63. The standard InChI is InChI=1S/C12H15FN2O2/c1-8-5-11(14-7-9-3-2-4-9)12(15(16)17)6-10(8)13/h5-6,9,14H,2-4,7H2,1H3. The molecule has 1 aromatic carbocycles. The minimum atomic E-state index is -0.550. The van der Waals surface area contributed by atoms with Gasteiger partial charge in [-0.2, -0.15) is 0 Å². The molecule has 1 aromatic rings. The van der Waals surface area contributed by atoms with E-state index in [4.69, 9.17) is 0 Å². The Morgan fingerprint density at radius 1 is 1.53 bits per heavy atom. The van der Waals surface area contributed by atoms with E-state index >= 15 is 0 Å². The van der Waals surface area contributed by atoms with E-state index in [1.54, 1.807) is 6.92 Å². The molecule has 0 aliphatic heterocycles. The Bertz CT molecular complexity index is 444. The maximum Gasteiger partial charge on any atom is 0.295 e. The Labute approximate surface area is 99.0 Å². The van der Waals surface area contributed by atoms with Crippen LogP contribution in [0.25, 0.3) is 0 Å². The van der Waals surface area contributed by atoms with E-state index in [-0.39, 0.29) is 5.69 Å². The molecule has 92 valence electrons. The highest BCUT2D eigenvalue weighted by Crippen LogP contribution is 2.30. The third kappa shape index (κ3) is 2.54. The van der Waals surface area contributed by atoms with Crippen LogP contribution < -0.4 is 5.32 Å². The van der Waals surface area contributed by atoms with Gasteiger partial charge in [0.15, 0.2) is 0 Å². The summed E-state index contributed by atoms with van der Waals surface area (Å²) in [5, 5.41) is 13.9. The van der Waals surface area contributed by atoms with Crippen molar-refractivity contribution in [2.75, 3.05) is 11.9 Å². The molecule has 0 atom stereocenters. The average molecular weight is 238 g/mol. The van der Waals surface area contributed by atoms with Crippen molar-refractivity contribution >= 4 is 11.4 Å². The van der Waals surface area contributed by atoms with Gasteiger partial charge in [0.1, 0.15) is 11.5 Å². The number of rotatable bonds is 4. The fraction of sp³-hybridized carbons (Fsp3) is 0.500. The first-order valence-electron chi connectivity index (χ1n) is 5.76. The first kappa shape index (κ1) is 11.8. The number of benzene rings is 1. The maximum absolute atomic E-state index is 13.3. The third-order valence-electron chi connectivity index (χ3n) is 3.28. The van der Waals surface area contributed by atoms with Crippen LogP contribution in [0.5, 0.6) is 0 Å². The molecule has 5 heteroatoms. The van der Waals surface area contributed by atoms with Gasteiger partial charge in [0.25, 0.3) is 5.69 Å². The summed E-state index contributed by atoms with van der Waals surface area (Å²) in [6.45, 7) is 2.33. The highest BCUT2D eigenvalue weighted by Gasteiger charge is 2.20. The number of halogens is 1. The number of nitrogens with one attached hydrogen (secondary N) is 1. The lowest BCUT2D eigenvalue weighted by molar-refractivity contribution is -0.384. The zero-order valence-electron chi connectivity index (χ0n) is 9.70. The Kier molecular flexibility index (Phi) is 3.26. The van der Waals surface area contributed by atoms with Gasteiger partial charge in [-0.05, 0) is 37.3 Å². The molecule has 0 heterocycles. The van der Waals surface area contributed by atoms with Gasteiger partial charge in [-0.25, -0.2) is 4.39 Å². The van der Waals surface area contributed by atoms with Gasteiger partial charge in [-0.15, -0.1) is 0 Å². The summed E-state index contributed by atoms with van der Waals surface area (Å²) < 4.78 is 13.3. The van der Waals surface area contributed by atoms with Crippen molar-refractivity contribution in [1.29, 1.82) is 0 Å². The smallest absolute Gasteiger partial charge is 0.295 e. The van der Waals surface area contributed by atoms with E-state index in [9.17, 15) is 14.5 Å². The van der Waals surface area contributed by atoms with E-state index in [1.807, 2.05) is 0 Å². The Morgan fingerprint density at radius 2 is 2.24 bits per heavy atom. The zero-order valence-corrected chi connectivity index (χ0v) is 9.70. The lowest BCUT2D eigenvalue weighted by Crippen LogP contribution is -2.21. The van der Waals surface area contributed by atoms with Crippen molar-refractivity contribution in [2.24, 2.45) is 5.92 Å². The molecule has 17 heavy (non-hydrogen) atoms. The van der Waals surface area contributed by atoms with Crippen molar-refractivity contribution in [3.8, 4) is 0 Å². The van der Waals surface area contributed by atoms with Crippen LogP contribution in [0.3, 0.4) is 0 Å². The molecular formula is C12H15FN2O2. The largest absolute Gasteiger partial charge is 0.379 e. The molecule has 1 aliphatic carbocycles. The Hall–Kier alpha value is -1.65. The van der Waals surface area contributed by atoms with Gasteiger partial charge in [-0.1, -0.05) is 6.42 Å². The normalized spacial score (nSPS) is 15.4. The summed E-state index contributed by atoms with van der Waals surface area (Å²) in [6, 6.07) is 2.49. The summed E-state index contributed by atoms with van der Waals surface area (Å²) in [6.07, 6.45) is 3.57. The lowest BCUT2D eigenvalue weighted by atomic mass is 9.85. The predicted octanol–water partition coefficient (Wildman–Crippen LogP) is 3.25. The number of hydrogen-bond donors (Lipinski definition) is 1. The van der Waals surface area contributed by atoms with Crippen LogP contribution in [-0.2, 0) is 0 Å². The Balaban J connectivity index is 2.17. The van der Waals surface area contributed by atoms with E-state index in [2.05, 4.69) is 5.32 Å². The number of nitro groups is 1. The summed E-state index contributed by atoms with van der Waals surface area (Å²) >= 11 is 0. The SMILES string of the molecule is Cc1cc(NCC2CCC2)c([N+](=O)[O-])cc1F. The Morgan fingerprint density at radius 3 is 2.76 bits per heavy atom. The van der Waals surface area contributed by atoms with E-state index in [1.165, 1.54) is 25.3 Å². The molecule has 0 aromatic heterocycles. The highest BCUT2D eigenvalue weighted by atomic mass is 19.1. The summed E-state index contributed by atoms with van der Waals surface area (Å²) in [7, 11) is 0. The molecule has 1 aliphatic rings. The molecule has 0 bridgehead atoms. The molecular weight excluding hydrogens is 223 g/mol. The van der Waals surface area contributed by atoms with Crippen LogP contribution in [-0.4, -0.2) is 11.5 Å². The van der Waals surface area contributed by atoms with E-state index < -0.39 is 10.7 Å². The van der Waals surface area contributed by atoms with Gasteiger partial charge in [0.05, 0.1) is 11.0 Å².